The van der Waals surface area contributed by atoms with Crippen LogP contribution in [-0.2, 0) is 4.74 Å². The number of methoxy groups -OCH3 is 1. The lowest BCUT2D eigenvalue weighted by Gasteiger charge is -2.32. The van der Waals surface area contributed by atoms with Crippen molar-refractivity contribution in [1.82, 2.24) is 4.90 Å². The van der Waals surface area contributed by atoms with Crippen LogP contribution in [-0.4, -0.2) is 43.1 Å². The molecule has 0 radical (unpaired) electrons. The molecule has 1 aliphatic rings. The number of thiophene rings is 1. The Balaban J connectivity index is 1.55. The molecule has 24 heavy (non-hydrogen) atoms. The Kier molecular flexibility index (Phi) is 5.15. The first-order valence-electron chi connectivity index (χ1n) is 7.86. The minimum Gasteiger partial charge on any atom is -0.490 e. The molecule has 1 aliphatic heterocycles. The standard InChI is InChI=1S/C18H19NO4S/c1-22-18(21)16-8-7-15(24-16)17(20)19-11-9-14(10-12-19)23-13-5-3-2-4-6-13/h2-8,14H,9-12H2,1H3. The van der Waals surface area contributed by atoms with E-state index in [-0.39, 0.29) is 12.0 Å². The van der Waals surface area contributed by atoms with E-state index >= 15 is 0 Å². The molecule has 0 bridgehead atoms. The van der Waals surface area contributed by atoms with Crippen LogP contribution in [0.5, 0.6) is 5.75 Å². The Labute approximate surface area is 144 Å². The fourth-order valence-electron chi connectivity index (χ4n) is 2.69. The summed E-state index contributed by atoms with van der Waals surface area (Å²) in [6, 6.07) is 13.1. The van der Waals surface area contributed by atoms with Crippen LogP contribution in [0.4, 0.5) is 0 Å². The number of para-hydroxylation sites is 1. The summed E-state index contributed by atoms with van der Waals surface area (Å²) in [4.78, 5) is 26.9. The summed E-state index contributed by atoms with van der Waals surface area (Å²) in [5, 5.41) is 0. The minimum absolute atomic E-state index is 0.0340. The van der Waals surface area contributed by atoms with Gasteiger partial charge in [-0.05, 0) is 24.3 Å². The number of amides is 1. The summed E-state index contributed by atoms with van der Waals surface area (Å²) in [5.74, 6) is 0.422. The number of hydrogen-bond donors (Lipinski definition) is 0. The molecular formula is C18H19NO4S. The minimum atomic E-state index is -0.408. The smallest absolute Gasteiger partial charge is 0.348 e. The van der Waals surface area contributed by atoms with Crippen LogP contribution >= 0.6 is 11.3 Å². The van der Waals surface area contributed by atoms with Gasteiger partial charge in [-0.25, -0.2) is 4.79 Å². The Morgan fingerprint density at radius 2 is 1.71 bits per heavy atom. The van der Waals surface area contributed by atoms with Gasteiger partial charge < -0.3 is 14.4 Å². The van der Waals surface area contributed by atoms with Gasteiger partial charge in [-0.3, -0.25) is 4.79 Å². The number of ether oxygens (including phenoxy) is 2. The summed E-state index contributed by atoms with van der Waals surface area (Å²) < 4.78 is 10.6. The largest absolute Gasteiger partial charge is 0.490 e. The SMILES string of the molecule is COC(=O)c1ccc(C(=O)N2CCC(Oc3ccccc3)CC2)s1. The van der Waals surface area contributed by atoms with Crippen LogP contribution < -0.4 is 4.74 Å². The van der Waals surface area contributed by atoms with Gasteiger partial charge in [0.1, 0.15) is 16.7 Å². The van der Waals surface area contributed by atoms with Gasteiger partial charge >= 0.3 is 5.97 Å². The number of likely N-dealkylation sites (tertiary alicyclic amines) is 1. The first kappa shape index (κ1) is 16.5. The summed E-state index contributed by atoms with van der Waals surface area (Å²) >= 11 is 1.17. The monoisotopic (exact) mass is 345 g/mol. The lowest BCUT2D eigenvalue weighted by Crippen LogP contribution is -2.41. The van der Waals surface area contributed by atoms with Crippen LogP contribution in [0.3, 0.4) is 0 Å². The maximum atomic E-state index is 12.5. The van der Waals surface area contributed by atoms with E-state index in [1.807, 2.05) is 35.2 Å². The molecule has 1 aromatic carbocycles. The van der Waals surface area contributed by atoms with Crippen LogP contribution in [0.2, 0.25) is 0 Å². The summed E-state index contributed by atoms with van der Waals surface area (Å²) in [6.07, 6.45) is 1.73. The number of nitrogens with zero attached hydrogens (tertiary/aromatic N) is 1. The van der Waals surface area contributed by atoms with E-state index in [1.54, 1.807) is 12.1 Å². The van der Waals surface area contributed by atoms with E-state index in [0.29, 0.717) is 22.8 Å². The normalized spacial score (nSPS) is 15.1. The van der Waals surface area contributed by atoms with Gasteiger partial charge in [0.15, 0.2) is 0 Å². The van der Waals surface area contributed by atoms with Crippen molar-refractivity contribution >= 4 is 23.2 Å². The first-order valence-corrected chi connectivity index (χ1v) is 8.68. The third kappa shape index (κ3) is 3.76. The maximum Gasteiger partial charge on any atom is 0.348 e. The van der Waals surface area contributed by atoms with Crippen molar-refractivity contribution in [3.05, 3.63) is 52.2 Å². The number of carbonyl (C=O) groups is 2. The molecule has 0 spiro atoms. The molecule has 1 fully saturated rings. The summed E-state index contributed by atoms with van der Waals surface area (Å²) in [6.45, 7) is 1.31. The van der Waals surface area contributed by atoms with Crippen LogP contribution in [0.25, 0.3) is 0 Å². The average molecular weight is 345 g/mol. The second-order valence-electron chi connectivity index (χ2n) is 5.58. The highest BCUT2D eigenvalue weighted by Crippen LogP contribution is 2.23. The molecule has 2 aromatic rings. The number of esters is 1. The third-order valence-corrected chi connectivity index (χ3v) is 5.03. The van der Waals surface area contributed by atoms with Crippen molar-refractivity contribution < 1.29 is 19.1 Å². The fraction of sp³-hybridized carbons (Fsp3) is 0.333. The molecule has 0 N–H and O–H groups in total. The van der Waals surface area contributed by atoms with Crippen LogP contribution in [0, 0.1) is 0 Å². The van der Waals surface area contributed by atoms with Crippen molar-refractivity contribution in [2.45, 2.75) is 18.9 Å². The van der Waals surface area contributed by atoms with Crippen LogP contribution in [0.1, 0.15) is 32.2 Å². The van der Waals surface area contributed by atoms with E-state index in [0.717, 1.165) is 18.6 Å². The maximum absolute atomic E-state index is 12.5. The second kappa shape index (κ2) is 7.49. The molecule has 0 unspecified atom stereocenters. The Morgan fingerprint density at radius 1 is 1.04 bits per heavy atom. The molecule has 6 heteroatoms. The van der Waals surface area contributed by atoms with Crippen molar-refractivity contribution in [2.75, 3.05) is 20.2 Å². The number of benzene rings is 1. The lowest BCUT2D eigenvalue weighted by molar-refractivity contribution is 0.0595. The number of hydrogen-bond acceptors (Lipinski definition) is 5. The predicted molar refractivity (Wildman–Crippen MR) is 91.7 cm³/mol. The average Bonchev–Trinajstić information content (AvgIpc) is 3.12. The Bertz CT molecular complexity index is 705. The van der Waals surface area contributed by atoms with Gasteiger partial charge in [0.2, 0.25) is 0 Å². The molecule has 5 nitrogen and oxygen atoms in total. The number of carbonyl (C=O) groups excluding carboxylic acids is 2. The van der Waals surface area contributed by atoms with Crippen molar-refractivity contribution in [3.8, 4) is 5.75 Å². The molecule has 3 rings (SSSR count). The topological polar surface area (TPSA) is 55.8 Å². The zero-order valence-corrected chi connectivity index (χ0v) is 14.3. The molecule has 1 amide bonds. The number of piperidine rings is 1. The van der Waals surface area contributed by atoms with Crippen molar-refractivity contribution in [3.63, 3.8) is 0 Å². The molecule has 1 aromatic heterocycles. The van der Waals surface area contributed by atoms with Crippen molar-refractivity contribution in [2.24, 2.45) is 0 Å². The third-order valence-electron chi connectivity index (χ3n) is 3.98. The van der Waals surface area contributed by atoms with Gasteiger partial charge in [0.05, 0.1) is 12.0 Å². The highest BCUT2D eigenvalue weighted by molar-refractivity contribution is 7.15. The zero-order chi connectivity index (χ0) is 16.9. The summed E-state index contributed by atoms with van der Waals surface area (Å²) in [5.41, 5.74) is 0. The van der Waals surface area contributed by atoms with E-state index < -0.39 is 5.97 Å². The van der Waals surface area contributed by atoms with E-state index in [9.17, 15) is 9.59 Å². The summed E-state index contributed by atoms with van der Waals surface area (Å²) in [7, 11) is 1.33. The Morgan fingerprint density at radius 3 is 2.38 bits per heavy atom. The van der Waals surface area contributed by atoms with E-state index in [2.05, 4.69) is 4.74 Å². The quantitative estimate of drug-likeness (QED) is 0.799. The lowest BCUT2D eigenvalue weighted by atomic mass is 10.1. The van der Waals surface area contributed by atoms with Crippen molar-refractivity contribution in [1.29, 1.82) is 0 Å². The molecule has 126 valence electrons. The second-order valence-corrected chi connectivity index (χ2v) is 6.66. The van der Waals surface area contributed by atoms with Gasteiger partial charge in [-0.2, -0.15) is 0 Å². The number of rotatable bonds is 4. The van der Waals surface area contributed by atoms with Gasteiger partial charge in [0, 0.05) is 25.9 Å². The van der Waals surface area contributed by atoms with Crippen LogP contribution in [0.15, 0.2) is 42.5 Å². The fourth-order valence-corrected chi connectivity index (χ4v) is 3.58. The zero-order valence-electron chi connectivity index (χ0n) is 13.4. The molecule has 0 atom stereocenters. The predicted octanol–water partition coefficient (Wildman–Crippen LogP) is 3.22. The molecular weight excluding hydrogens is 326 g/mol. The van der Waals surface area contributed by atoms with Gasteiger partial charge in [-0.15, -0.1) is 11.3 Å². The molecule has 0 saturated carbocycles. The van der Waals surface area contributed by atoms with E-state index in [1.165, 1.54) is 18.4 Å². The highest BCUT2D eigenvalue weighted by atomic mass is 32.1. The van der Waals surface area contributed by atoms with Gasteiger partial charge in [-0.1, -0.05) is 18.2 Å². The molecule has 2 heterocycles. The highest BCUT2D eigenvalue weighted by Gasteiger charge is 2.26. The molecule has 0 aliphatic carbocycles. The Hall–Kier alpha value is -2.34. The first-order chi connectivity index (χ1) is 11.7. The van der Waals surface area contributed by atoms with Gasteiger partial charge in [0.25, 0.3) is 5.91 Å². The molecule has 1 saturated heterocycles. The van der Waals surface area contributed by atoms with E-state index in [4.69, 9.17) is 4.74 Å².